The molecule has 1 nitrogen and oxygen atoms in total. The standard InChI is InChI=1S/C16H23N/c1-14(16-9-3-2-4-10-16)13-17-12-11-15-7-5-6-8-15/h2-4,9-10,15,17H,1,5-8,11-13H2. The number of rotatable bonds is 6. The quantitative estimate of drug-likeness (QED) is 0.730. The molecule has 1 saturated carbocycles. The molecule has 0 amide bonds. The van der Waals surface area contributed by atoms with Crippen molar-refractivity contribution in [2.24, 2.45) is 5.92 Å². The molecule has 0 unspecified atom stereocenters. The van der Waals surface area contributed by atoms with Crippen LogP contribution in [0, 0.1) is 5.92 Å². The van der Waals surface area contributed by atoms with Gasteiger partial charge in [-0.2, -0.15) is 0 Å². The smallest absolute Gasteiger partial charge is 0.0205 e. The number of benzene rings is 1. The van der Waals surface area contributed by atoms with Crippen molar-refractivity contribution in [2.75, 3.05) is 13.1 Å². The first-order valence-corrected chi connectivity index (χ1v) is 6.80. The van der Waals surface area contributed by atoms with Crippen molar-refractivity contribution in [3.63, 3.8) is 0 Å². The first-order valence-electron chi connectivity index (χ1n) is 6.80. The average Bonchev–Trinajstić information content (AvgIpc) is 2.88. The van der Waals surface area contributed by atoms with Gasteiger partial charge in [-0.05, 0) is 30.0 Å². The van der Waals surface area contributed by atoms with Gasteiger partial charge in [0.25, 0.3) is 0 Å². The van der Waals surface area contributed by atoms with Crippen LogP contribution in [0.15, 0.2) is 36.9 Å². The minimum atomic E-state index is 0.913. The minimum Gasteiger partial charge on any atom is -0.313 e. The molecule has 2 rings (SSSR count). The van der Waals surface area contributed by atoms with Crippen LogP contribution >= 0.6 is 0 Å². The highest BCUT2D eigenvalue weighted by Gasteiger charge is 2.13. The van der Waals surface area contributed by atoms with Gasteiger partial charge in [0.15, 0.2) is 0 Å². The Bertz CT molecular complexity index is 336. The van der Waals surface area contributed by atoms with E-state index in [0.717, 1.165) is 19.0 Å². The lowest BCUT2D eigenvalue weighted by Crippen LogP contribution is -2.19. The zero-order chi connectivity index (χ0) is 11.9. The van der Waals surface area contributed by atoms with E-state index in [2.05, 4.69) is 36.2 Å². The molecule has 1 aromatic rings. The molecule has 0 aromatic heterocycles. The molecule has 1 N–H and O–H groups in total. The van der Waals surface area contributed by atoms with E-state index in [4.69, 9.17) is 0 Å². The van der Waals surface area contributed by atoms with E-state index in [-0.39, 0.29) is 0 Å². The van der Waals surface area contributed by atoms with Crippen LogP contribution in [0.2, 0.25) is 0 Å². The van der Waals surface area contributed by atoms with Crippen LogP contribution in [0.4, 0.5) is 0 Å². The summed E-state index contributed by atoms with van der Waals surface area (Å²) in [5.74, 6) is 0.979. The summed E-state index contributed by atoms with van der Waals surface area (Å²) in [7, 11) is 0. The molecule has 1 aliphatic carbocycles. The van der Waals surface area contributed by atoms with Crippen molar-refractivity contribution in [3.05, 3.63) is 42.5 Å². The Labute approximate surface area is 105 Å². The van der Waals surface area contributed by atoms with Gasteiger partial charge in [-0.15, -0.1) is 0 Å². The normalized spacial score (nSPS) is 16.2. The monoisotopic (exact) mass is 229 g/mol. The molecule has 1 heteroatoms. The van der Waals surface area contributed by atoms with Crippen LogP contribution in [0.25, 0.3) is 5.57 Å². The fourth-order valence-electron chi connectivity index (χ4n) is 2.62. The van der Waals surface area contributed by atoms with E-state index in [0.29, 0.717) is 0 Å². The highest BCUT2D eigenvalue weighted by molar-refractivity contribution is 5.64. The lowest BCUT2D eigenvalue weighted by molar-refractivity contribution is 0.486. The fraction of sp³-hybridized carbons (Fsp3) is 0.500. The lowest BCUT2D eigenvalue weighted by atomic mass is 10.0. The third kappa shape index (κ3) is 4.01. The highest BCUT2D eigenvalue weighted by atomic mass is 14.8. The van der Waals surface area contributed by atoms with Gasteiger partial charge in [0.1, 0.15) is 0 Å². The van der Waals surface area contributed by atoms with Crippen LogP contribution in [0.3, 0.4) is 0 Å². The van der Waals surface area contributed by atoms with Gasteiger partial charge < -0.3 is 5.32 Å². The molecule has 1 aromatic carbocycles. The number of hydrogen-bond donors (Lipinski definition) is 1. The largest absolute Gasteiger partial charge is 0.313 e. The van der Waals surface area contributed by atoms with Gasteiger partial charge in [0, 0.05) is 6.54 Å². The number of nitrogens with one attached hydrogen (secondary N) is 1. The third-order valence-electron chi connectivity index (χ3n) is 3.72. The third-order valence-corrected chi connectivity index (χ3v) is 3.72. The van der Waals surface area contributed by atoms with Crippen LogP contribution in [0.5, 0.6) is 0 Å². The van der Waals surface area contributed by atoms with Gasteiger partial charge >= 0.3 is 0 Å². The fourth-order valence-corrected chi connectivity index (χ4v) is 2.62. The van der Waals surface area contributed by atoms with Crippen LogP contribution < -0.4 is 5.32 Å². The maximum atomic E-state index is 4.13. The second-order valence-corrected chi connectivity index (χ2v) is 5.09. The van der Waals surface area contributed by atoms with E-state index < -0.39 is 0 Å². The topological polar surface area (TPSA) is 12.0 Å². The predicted molar refractivity (Wildman–Crippen MR) is 74.9 cm³/mol. The van der Waals surface area contributed by atoms with Crippen molar-refractivity contribution in [1.82, 2.24) is 5.32 Å². The van der Waals surface area contributed by atoms with Gasteiger partial charge in [-0.1, -0.05) is 62.6 Å². The van der Waals surface area contributed by atoms with E-state index in [1.807, 2.05) is 6.07 Å². The zero-order valence-electron chi connectivity index (χ0n) is 10.6. The molecule has 1 aliphatic rings. The summed E-state index contributed by atoms with van der Waals surface area (Å²) in [4.78, 5) is 0. The average molecular weight is 229 g/mol. The van der Waals surface area contributed by atoms with Crippen molar-refractivity contribution in [3.8, 4) is 0 Å². The molecule has 92 valence electrons. The van der Waals surface area contributed by atoms with Crippen molar-refractivity contribution >= 4 is 5.57 Å². The summed E-state index contributed by atoms with van der Waals surface area (Å²) < 4.78 is 0. The Kier molecular flexibility index (Phi) is 4.81. The molecule has 17 heavy (non-hydrogen) atoms. The Morgan fingerprint density at radius 3 is 2.59 bits per heavy atom. The molecular weight excluding hydrogens is 206 g/mol. The van der Waals surface area contributed by atoms with Crippen molar-refractivity contribution in [2.45, 2.75) is 32.1 Å². The van der Waals surface area contributed by atoms with Crippen LogP contribution in [-0.2, 0) is 0 Å². The minimum absolute atomic E-state index is 0.913. The second-order valence-electron chi connectivity index (χ2n) is 5.09. The first kappa shape index (κ1) is 12.4. The molecular formula is C16H23N. The molecule has 0 aliphatic heterocycles. The molecule has 1 fully saturated rings. The predicted octanol–water partition coefficient (Wildman–Crippen LogP) is 3.87. The van der Waals surface area contributed by atoms with Crippen LogP contribution in [0.1, 0.15) is 37.7 Å². The zero-order valence-corrected chi connectivity index (χ0v) is 10.6. The summed E-state index contributed by atoms with van der Waals surface area (Å²) in [5, 5.41) is 3.51. The Hall–Kier alpha value is -1.08. The summed E-state index contributed by atoms with van der Waals surface area (Å²) in [6.45, 7) is 6.18. The maximum absolute atomic E-state index is 4.13. The Morgan fingerprint density at radius 1 is 1.18 bits per heavy atom. The SMILES string of the molecule is C=C(CNCCC1CCCC1)c1ccccc1. The second kappa shape index (κ2) is 6.61. The van der Waals surface area contributed by atoms with Gasteiger partial charge in [0.2, 0.25) is 0 Å². The molecule has 0 bridgehead atoms. The van der Waals surface area contributed by atoms with Crippen molar-refractivity contribution < 1.29 is 0 Å². The lowest BCUT2D eigenvalue weighted by Gasteiger charge is -2.11. The highest BCUT2D eigenvalue weighted by Crippen LogP contribution is 2.26. The molecule has 0 saturated heterocycles. The Morgan fingerprint density at radius 2 is 1.88 bits per heavy atom. The van der Waals surface area contributed by atoms with E-state index in [1.54, 1.807) is 0 Å². The molecule has 0 atom stereocenters. The van der Waals surface area contributed by atoms with Crippen molar-refractivity contribution in [1.29, 1.82) is 0 Å². The number of hydrogen-bond acceptors (Lipinski definition) is 1. The summed E-state index contributed by atoms with van der Waals surface area (Å²) in [6, 6.07) is 10.4. The van der Waals surface area contributed by atoms with Gasteiger partial charge in [-0.3, -0.25) is 0 Å². The van der Waals surface area contributed by atoms with Crippen LogP contribution in [-0.4, -0.2) is 13.1 Å². The first-order chi connectivity index (χ1) is 8.36. The van der Waals surface area contributed by atoms with E-state index >= 15 is 0 Å². The van der Waals surface area contributed by atoms with Gasteiger partial charge in [-0.25, -0.2) is 0 Å². The summed E-state index contributed by atoms with van der Waals surface area (Å²) in [6.07, 6.45) is 7.12. The summed E-state index contributed by atoms with van der Waals surface area (Å²) >= 11 is 0. The van der Waals surface area contributed by atoms with E-state index in [1.165, 1.54) is 43.2 Å². The Balaban J connectivity index is 1.63. The van der Waals surface area contributed by atoms with E-state index in [9.17, 15) is 0 Å². The maximum Gasteiger partial charge on any atom is 0.0205 e. The van der Waals surface area contributed by atoms with Gasteiger partial charge in [0.05, 0.1) is 0 Å². The summed E-state index contributed by atoms with van der Waals surface area (Å²) in [5.41, 5.74) is 2.44. The molecule has 0 radical (unpaired) electrons. The molecule has 0 heterocycles. The molecule has 0 spiro atoms.